The minimum absolute atomic E-state index is 0.00835. The van der Waals surface area contributed by atoms with Gasteiger partial charge in [0.05, 0.1) is 38.3 Å². The Bertz CT molecular complexity index is 641. The fourth-order valence-electron chi connectivity index (χ4n) is 4.73. The highest BCUT2D eigenvalue weighted by Crippen LogP contribution is 2.58. The number of hydrogen-bond donors (Lipinski definition) is 0. The molecule has 2 saturated carbocycles. The molecule has 2 aliphatic carbocycles. The molecular formula is C21H30O9. The number of ether oxygens (including phenoxy) is 4. The van der Waals surface area contributed by atoms with E-state index in [0.717, 1.165) is 0 Å². The van der Waals surface area contributed by atoms with Gasteiger partial charge in [-0.3, -0.25) is 24.0 Å². The predicted molar refractivity (Wildman–Crippen MR) is 102 cm³/mol. The molecular weight excluding hydrogens is 396 g/mol. The normalized spacial score (nSPS) is 30.2. The zero-order valence-electron chi connectivity index (χ0n) is 18.0. The van der Waals surface area contributed by atoms with Gasteiger partial charge in [0.2, 0.25) is 0 Å². The Morgan fingerprint density at radius 2 is 0.967 bits per heavy atom. The van der Waals surface area contributed by atoms with Crippen molar-refractivity contribution in [3.05, 3.63) is 0 Å². The predicted octanol–water partition coefficient (Wildman–Crippen LogP) is 1.60. The Labute approximate surface area is 175 Å². The number of fused-ring (bicyclic) bond motifs is 2. The summed E-state index contributed by atoms with van der Waals surface area (Å²) in [5.74, 6) is -5.27. The van der Waals surface area contributed by atoms with Gasteiger partial charge in [0, 0.05) is 0 Å². The van der Waals surface area contributed by atoms with Crippen LogP contribution in [-0.2, 0) is 42.9 Å². The maximum Gasteiger partial charge on any atom is 0.319 e. The van der Waals surface area contributed by atoms with Crippen molar-refractivity contribution in [1.29, 1.82) is 0 Å². The summed E-state index contributed by atoms with van der Waals surface area (Å²) >= 11 is 0. The van der Waals surface area contributed by atoms with Crippen LogP contribution < -0.4 is 0 Å². The van der Waals surface area contributed by atoms with Gasteiger partial charge >= 0.3 is 23.9 Å². The highest BCUT2D eigenvalue weighted by atomic mass is 16.5. The van der Waals surface area contributed by atoms with E-state index in [4.69, 9.17) is 18.9 Å². The molecule has 0 N–H and O–H groups in total. The Kier molecular flexibility index (Phi) is 7.60. The molecule has 0 radical (unpaired) electrons. The van der Waals surface area contributed by atoms with Crippen LogP contribution in [0, 0.1) is 22.7 Å². The first-order valence-corrected chi connectivity index (χ1v) is 10.4. The first-order valence-electron chi connectivity index (χ1n) is 10.4. The summed E-state index contributed by atoms with van der Waals surface area (Å²) in [5, 5.41) is 0. The third-order valence-electron chi connectivity index (χ3n) is 5.82. The Morgan fingerprint density at radius 1 is 0.667 bits per heavy atom. The van der Waals surface area contributed by atoms with Gasteiger partial charge in [0.15, 0.2) is 5.78 Å². The molecule has 0 aromatic rings. The van der Waals surface area contributed by atoms with E-state index in [-0.39, 0.29) is 52.1 Å². The molecule has 0 unspecified atom stereocenters. The van der Waals surface area contributed by atoms with Crippen LogP contribution >= 0.6 is 0 Å². The lowest BCUT2D eigenvalue weighted by molar-refractivity contribution is -0.190. The number of esters is 4. The van der Waals surface area contributed by atoms with Crippen LogP contribution in [-0.4, -0.2) is 56.1 Å². The minimum atomic E-state index is -1.81. The molecule has 0 heterocycles. The maximum absolute atomic E-state index is 13.6. The fourth-order valence-corrected chi connectivity index (χ4v) is 4.73. The van der Waals surface area contributed by atoms with Gasteiger partial charge in [0.1, 0.15) is 10.8 Å². The van der Waals surface area contributed by atoms with Crippen LogP contribution in [0.1, 0.15) is 53.4 Å². The monoisotopic (exact) mass is 426 g/mol. The second-order valence-corrected chi connectivity index (χ2v) is 7.65. The fraction of sp³-hybridized carbons (Fsp3) is 0.762. The minimum Gasteiger partial charge on any atom is -0.466 e. The van der Waals surface area contributed by atoms with E-state index in [2.05, 4.69) is 0 Å². The highest BCUT2D eigenvalue weighted by Gasteiger charge is 2.70. The van der Waals surface area contributed by atoms with E-state index >= 15 is 0 Å². The number of carbonyl (C=O) groups is 5. The lowest BCUT2D eigenvalue weighted by Crippen LogP contribution is -2.63. The van der Waals surface area contributed by atoms with Crippen LogP contribution in [0.4, 0.5) is 0 Å². The average molecular weight is 426 g/mol. The quantitative estimate of drug-likeness (QED) is 0.323. The van der Waals surface area contributed by atoms with Crippen molar-refractivity contribution >= 4 is 29.7 Å². The number of ketones is 1. The van der Waals surface area contributed by atoms with Gasteiger partial charge in [-0.05, 0) is 53.4 Å². The van der Waals surface area contributed by atoms with E-state index in [1.54, 1.807) is 27.7 Å². The van der Waals surface area contributed by atoms with Gasteiger partial charge in [-0.1, -0.05) is 0 Å². The maximum atomic E-state index is 13.6. The number of Topliss-reactive ketones (excluding diaryl/α,β-unsaturated/α-hetero) is 1. The second-order valence-electron chi connectivity index (χ2n) is 7.65. The lowest BCUT2D eigenvalue weighted by atomic mass is 9.49. The van der Waals surface area contributed by atoms with Crippen molar-refractivity contribution in [2.45, 2.75) is 53.4 Å². The van der Waals surface area contributed by atoms with Gasteiger partial charge in [-0.2, -0.15) is 0 Å². The smallest absolute Gasteiger partial charge is 0.319 e. The molecule has 0 aliphatic heterocycles. The van der Waals surface area contributed by atoms with Crippen molar-refractivity contribution in [1.82, 2.24) is 0 Å². The molecule has 2 fully saturated rings. The van der Waals surface area contributed by atoms with E-state index in [9.17, 15) is 24.0 Å². The molecule has 0 spiro atoms. The molecule has 0 aromatic heterocycles. The first kappa shape index (κ1) is 23.8. The van der Waals surface area contributed by atoms with E-state index in [0.29, 0.717) is 0 Å². The summed E-state index contributed by atoms with van der Waals surface area (Å²) in [4.78, 5) is 64.8. The molecule has 168 valence electrons. The summed E-state index contributed by atoms with van der Waals surface area (Å²) in [5.41, 5.74) is -3.62. The molecule has 9 nitrogen and oxygen atoms in total. The number of carbonyl (C=O) groups excluding carboxylic acids is 5. The average Bonchev–Trinajstić information content (AvgIpc) is 2.68. The van der Waals surface area contributed by atoms with Gasteiger partial charge in [-0.25, -0.2) is 0 Å². The third kappa shape index (κ3) is 4.06. The molecule has 2 aliphatic rings. The Hall–Kier alpha value is -2.45. The van der Waals surface area contributed by atoms with Crippen molar-refractivity contribution in [3.63, 3.8) is 0 Å². The van der Waals surface area contributed by atoms with Crippen molar-refractivity contribution in [2.24, 2.45) is 22.7 Å². The summed E-state index contributed by atoms with van der Waals surface area (Å²) in [6, 6.07) is 0. The topological polar surface area (TPSA) is 122 Å². The Morgan fingerprint density at radius 3 is 1.23 bits per heavy atom. The number of hydrogen-bond acceptors (Lipinski definition) is 9. The summed E-state index contributed by atoms with van der Waals surface area (Å²) in [6.07, 6.45) is -0.720. The molecule has 0 amide bonds. The molecule has 0 aromatic carbocycles. The van der Waals surface area contributed by atoms with Gasteiger partial charge in [0.25, 0.3) is 0 Å². The van der Waals surface area contributed by atoms with Crippen LogP contribution in [0.5, 0.6) is 0 Å². The standard InChI is InChI=1S/C21H30O9/c1-5-27-15(22)13-9-20(18(25)29-7-3)11-14(16(23)28-6-2)12-21(10-13,17(20)24)19(26)30-8-4/h13-14H,5-12H2,1-4H3. The third-order valence-corrected chi connectivity index (χ3v) is 5.82. The van der Waals surface area contributed by atoms with Crippen LogP contribution in [0.3, 0.4) is 0 Å². The molecule has 9 heteroatoms. The van der Waals surface area contributed by atoms with Gasteiger partial charge < -0.3 is 18.9 Å². The summed E-state index contributed by atoms with van der Waals surface area (Å²) in [7, 11) is 0. The molecule has 2 bridgehead atoms. The lowest BCUT2D eigenvalue weighted by Gasteiger charge is -2.51. The number of rotatable bonds is 8. The van der Waals surface area contributed by atoms with Crippen LogP contribution in [0.2, 0.25) is 0 Å². The van der Waals surface area contributed by atoms with E-state index < -0.39 is 52.3 Å². The van der Waals surface area contributed by atoms with Crippen molar-refractivity contribution in [2.75, 3.05) is 26.4 Å². The second kappa shape index (κ2) is 9.57. The largest absolute Gasteiger partial charge is 0.466 e. The van der Waals surface area contributed by atoms with E-state index in [1.807, 2.05) is 0 Å². The Balaban J connectivity index is 2.61. The van der Waals surface area contributed by atoms with E-state index in [1.165, 1.54) is 0 Å². The van der Waals surface area contributed by atoms with Crippen molar-refractivity contribution < 1.29 is 42.9 Å². The summed E-state index contributed by atoms with van der Waals surface area (Å²) < 4.78 is 20.6. The zero-order chi connectivity index (χ0) is 22.5. The molecule has 30 heavy (non-hydrogen) atoms. The molecule has 2 rings (SSSR count). The van der Waals surface area contributed by atoms with Gasteiger partial charge in [-0.15, -0.1) is 0 Å². The first-order chi connectivity index (χ1) is 14.2. The molecule has 0 saturated heterocycles. The highest BCUT2D eigenvalue weighted by molar-refractivity contribution is 6.17. The van der Waals surface area contributed by atoms with Crippen molar-refractivity contribution in [3.8, 4) is 0 Å². The summed E-state index contributed by atoms with van der Waals surface area (Å²) in [6.45, 7) is 6.73. The molecule has 0 atom stereocenters. The van der Waals surface area contributed by atoms with Crippen LogP contribution in [0.15, 0.2) is 0 Å². The SMILES string of the molecule is CCOC(=O)C1CC2(C(=O)OCC)CC(C(=O)OCC)CC(C(=O)OCC)(C1)C2=O. The zero-order valence-corrected chi connectivity index (χ0v) is 18.0. The van der Waals surface area contributed by atoms with Crippen LogP contribution in [0.25, 0.3) is 0 Å².